The van der Waals surface area contributed by atoms with E-state index in [1.807, 2.05) is 0 Å². The fourth-order valence-corrected chi connectivity index (χ4v) is 1.29. The van der Waals surface area contributed by atoms with Gasteiger partial charge in [-0.05, 0) is 18.2 Å². The lowest BCUT2D eigenvalue weighted by atomic mass is 10.2. The molecule has 88 valence electrons. The van der Waals surface area contributed by atoms with Gasteiger partial charge in [-0.15, -0.1) is 0 Å². The Morgan fingerprint density at radius 1 is 1.31 bits per heavy atom. The molecule has 0 saturated heterocycles. The van der Waals surface area contributed by atoms with Crippen molar-refractivity contribution in [2.24, 2.45) is 0 Å². The first kappa shape index (κ1) is 12.8. The molecule has 0 atom stereocenters. The second-order valence-electron chi connectivity index (χ2n) is 2.97. The second kappa shape index (κ2) is 6.35. The van der Waals surface area contributed by atoms with Gasteiger partial charge in [0.1, 0.15) is 17.9 Å². The van der Waals surface area contributed by atoms with Crippen molar-refractivity contribution < 1.29 is 19.0 Å². The maximum atomic E-state index is 11.4. The van der Waals surface area contributed by atoms with Crippen LogP contribution in [0.3, 0.4) is 0 Å². The first-order valence-corrected chi connectivity index (χ1v) is 5.06. The van der Waals surface area contributed by atoms with Crippen molar-refractivity contribution in [1.29, 1.82) is 0 Å². The molecule has 0 fully saturated rings. The number of esters is 1. The summed E-state index contributed by atoms with van der Waals surface area (Å²) in [7, 11) is 2.89. The zero-order valence-electron chi connectivity index (χ0n) is 9.16. The molecule has 0 saturated carbocycles. The third-order valence-electron chi connectivity index (χ3n) is 1.89. The summed E-state index contributed by atoms with van der Waals surface area (Å²) in [6.45, 7) is 0.786. The van der Waals surface area contributed by atoms with Crippen LogP contribution in [0.1, 0.15) is 10.4 Å². The Morgan fingerprint density at radius 2 is 2.06 bits per heavy atom. The van der Waals surface area contributed by atoms with Gasteiger partial charge in [0.05, 0.1) is 13.7 Å². The monoisotopic (exact) mass is 244 g/mol. The highest BCUT2D eigenvalue weighted by molar-refractivity contribution is 6.30. The van der Waals surface area contributed by atoms with Crippen LogP contribution in [0.2, 0.25) is 5.02 Å². The average molecular weight is 245 g/mol. The molecule has 0 aliphatic carbocycles. The van der Waals surface area contributed by atoms with E-state index in [4.69, 9.17) is 21.1 Å². The smallest absolute Gasteiger partial charge is 0.341 e. The van der Waals surface area contributed by atoms with Gasteiger partial charge >= 0.3 is 5.97 Å². The minimum atomic E-state index is -0.455. The minimum Gasteiger partial charge on any atom is -0.490 e. The topological polar surface area (TPSA) is 44.8 Å². The van der Waals surface area contributed by atoms with Gasteiger partial charge in [-0.25, -0.2) is 4.79 Å². The first-order chi connectivity index (χ1) is 7.69. The summed E-state index contributed by atoms with van der Waals surface area (Å²) >= 11 is 5.81. The number of halogens is 1. The third kappa shape index (κ3) is 3.40. The molecule has 0 N–H and O–H groups in total. The summed E-state index contributed by atoms with van der Waals surface area (Å²) in [6, 6.07) is 4.75. The van der Waals surface area contributed by atoms with Crippen LogP contribution in [0.5, 0.6) is 5.75 Å². The number of rotatable bonds is 5. The fraction of sp³-hybridized carbons (Fsp3) is 0.364. The van der Waals surface area contributed by atoms with Crippen LogP contribution in [0, 0.1) is 0 Å². The van der Waals surface area contributed by atoms with Crippen molar-refractivity contribution in [1.82, 2.24) is 0 Å². The quantitative estimate of drug-likeness (QED) is 0.588. The molecular weight excluding hydrogens is 232 g/mol. The van der Waals surface area contributed by atoms with Gasteiger partial charge in [-0.1, -0.05) is 11.6 Å². The zero-order valence-corrected chi connectivity index (χ0v) is 9.91. The van der Waals surface area contributed by atoms with Gasteiger partial charge in [0.2, 0.25) is 0 Å². The molecule has 0 spiro atoms. The van der Waals surface area contributed by atoms with E-state index in [2.05, 4.69) is 4.74 Å². The molecule has 0 aliphatic rings. The fourth-order valence-electron chi connectivity index (χ4n) is 1.13. The lowest BCUT2D eigenvalue weighted by molar-refractivity contribution is 0.0594. The molecule has 0 heterocycles. The highest BCUT2D eigenvalue weighted by atomic mass is 35.5. The van der Waals surface area contributed by atoms with E-state index in [1.165, 1.54) is 7.11 Å². The van der Waals surface area contributed by atoms with Crippen LogP contribution in [-0.2, 0) is 9.47 Å². The molecular formula is C11H13ClO4. The predicted molar refractivity (Wildman–Crippen MR) is 60.2 cm³/mol. The van der Waals surface area contributed by atoms with Gasteiger partial charge in [-0.3, -0.25) is 0 Å². The molecule has 0 aromatic heterocycles. The highest BCUT2D eigenvalue weighted by Crippen LogP contribution is 2.24. The molecule has 1 aromatic rings. The van der Waals surface area contributed by atoms with Crippen molar-refractivity contribution in [3.8, 4) is 5.75 Å². The van der Waals surface area contributed by atoms with E-state index in [0.717, 1.165) is 0 Å². The molecule has 1 rings (SSSR count). The summed E-state index contributed by atoms with van der Waals surface area (Å²) < 4.78 is 14.8. The van der Waals surface area contributed by atoms with Crippen LogP contribution in [0.15, 0.2) is 18.2 Å². The second-order valence-corrected chi connectivity index (χ2v) is 3.41. The number of carbonyl (C=O) groups is 1. The van der Waals surface area contributed by atoms with E-state index in [-0.39, 0.29) is 0 Å². The number of carbonyl (C=O) groups excluding carboxylic acids is 1. The summed E-state index contributed by atoms with van der Waals surface area (Å²) in [5.41, 5.74) is 0.350. The van der Waals surface area contributed by atoms with Crippen molar-refractivity contribution >= 4 is 17.6 Å². The normalized spacial score (nSPS) is 9.94. The van der Waals surface area contributed by atoms with Crippen LogP contribution in [-0.4, -0.2) is 33.4 Å². The largest absolute Gasteiger partial charge is 0.490 e. The van der Waals surface area contributed by atoms with E-state index in [1.54, 1.807) is 25.3 Å². The van der Waals surface area contributed by atoms with Crippen molar-refractivity contribution in [3.05, 3.63) is 28.8 Å². The first-order valence-electron chi connectivity index (χ1n) is 4.68. The standard InChI is InChI=1S/C11H13ClO4/c1-14-5-6-16-10-7-8(12)3-4-9(10)11(13)15-2/h3-4,7H,5-6H2,1-2H3. The number of methoxy groups -OCH3 is 2. The molecule has 0 amide bonds. The summed E-state index contributed by atoms with van der Waals surface area (Å²) in [5, 5.41) is 0.500. The van der Waals surface area contributed by atoms with Crippen LogP contribution < -0.4 is 4.74 Å². The van der Waals surface area contributed by atoms with Gasteiger partial charge in [0, 0.05) is 12.1 Å². The molecule has 0 radical (unpaired) electrons. The Hall–Kier alpha value is -1.26. The summed E-state index contributed by atoms with van der Waals surface area (Å²) in [6.07, 6.45) is 0. The van der Waals surface area contributed by atoms with E-state index >= 15 is 0 Å². The Morgan fingerprint density at radius 3 is 2.69 bits per heavy atom. The van der Waals surface area contributed by atoms with Crippen molar-refractivity contribution in [2.45, 2.75) is 0 Å². The molecule has 0 bridgehead atoms. The maximum Gasteiger partial charge on any atom is 0.341 e. The predicted octanol–water partition coefficient (Wildman–Crippen LogP) is 2.15. The van der Waals surface area contributed by atoms with Crippen LogP contribution in [0.25, 0.3) is 0 Å². The van der Waals surface area contributed by atoms with Gasteiger partial charge in [0.15, 0.2) is 0 Å². The third-order valence-corrected chi connectivity index (χ3v) is 2.13. The Kier molecular flexibility index (Phi) is 5.08. The number of hydrogen-bond acceptors (Lipinski definition) is 4. The lowest BCUT2D eigenvalue weighted by Gasteiger charge is -2.10. The van der Waals surface area contributed by atoms with Crippen LogP contribution >= 0.6 is 11.6 Å². The van der Waals surface area contributed by atoms with Crippen LogP contribution in [0.4, 0.5) is 0 Å². The zero-order chi connectivity index (χ0) is 12.0. The van der Waals surface area contributed by atoms with Gasteiger partial charge < -0.3 is 14.2 Å². The Labute approximate surface area is 99.1 Å². The van der Waals surface area contributed by atoms with E-state index in [0.29, 0.717) is 29.5 Å². The summed E-state index contributed by atoms with van der Waals surface area (Å²) in [5.74, 6) is -0.0551. The summed E-state index contributed by atoms with van der Waals surface area (Å²) in [4.78, 5) is 11.4. The van der Waals surface area contributed by atoms with Crippen molar-refractivity contribution in [3.63, 3.8) is 0 Å². The molecule has 0 aliphatic heterocycles. The SMILES string of the molecule is COCCOc1cc(Cl)ccc1C(=O)OC. The average Bonchev–Trinajstić information content (AvgIpc) is 2.29. The maximum absolute atomic E-state index is 11.4. The number of hydrogen-bond donors (Lipinski definition) is 0. The van der Waals surface area contributed by atoms with Gasteiger partial charge in [-0.2, -0.15) is 0 Å². The number of ether oxygens (including phenoxy) is 3. The molecule has 0 unspecified atom stereocenters. The van der Waals surface area contributed by atoms with Gasteiger partial charge in [0.25, 0.3) is 0 Å². The minimum absolute atomic E-state index is 0.348. The lowest BCUT2D eigenvalue weighted by Crippen LogP contribution is -2.09. The Bertz CT molecular complexity index is 365. The van der Waals surface area contributed by atoms with E-state index < -0.39 is 5.97 Å². The van der Waals surface area contributed by atoms with Crippen molar-refractivity contribution in [2.75, 3.05) is 27.4 Å². The highest BCUT2D eigenvalue weighted by Gasteiger charge is 2.13. The number of benzene rings is 1. The Balaban J connectivity index is 2.85. The molecule has 1 aromatic carbocycles. The molecule has 5 heteroatoms. The molecule has 16 heavy (non-hydrogen) atoms. The molecule has 4 nitrogen and oxygen atoms in total. The van der Waals surface area contributed by atoms with E-state index in [9.17, 15) is 4.79 Å².